The van der Waals surface area contributed by atoms with Crippen LogP contribution in [0.25, 0.3) is 0 Å². The second-order valence-electron chi connectivity index (χ2n) is 4.90. The molecule has 0 fully saturated rings. The summed E-state index contributed by atoms with van der Waals surface area (Å²) in [5.41, 5.74) is 7.91. The highest BCUT2D eigenvalue weighted by Gasteiger charge is 2.21. The van der Waals surface area contributed by atoms with Crippen LogP contribution >= 0.6 is 0 Å². The number of methoxy groups -OCH3 is 1. The lowest BCUT2D eigenvalue weighted by molar-refractivity contribution is 0.0609. The SMILES string of the molecule is CCCNC(Cc1cnccc1N)C(CCC)OC. The van der Waals surface area contributed by atoms with Crippen LogP contribution in [0.5, 0.6) is 0 Å². The number of pyridine rings is 1. The fourth-order valence-corrected chi connectivity index (χ4v) is 2.28. The minimum absolute atomic E-state index is 0.219. The lowest BCUT2D eigenvalue weighted by atomic mass is 9.98. The highest BCUT2D eigenvalue weighted by molar-refractivity contribution is 5.44. The van der Waals surface area contributed by atoms with Crippen molar-refractivity contribution in [2.24, 2.45) is 0 Å². The van der Waals surface area contributed by atoms with Crippen LogP contribution in [0, 0.1) is 0 Å². The average Bonchev–Trinajstić information content (AvgIpc) is 2.43. The first-order chi connectivity index (χ1) is 9.22. The summed E-state index contributed by atoms with van der Waals surface area (Å²) in [5.74, 6) is 0. The Hall–Kier alpha value is -1.13. The number of nitrogens with one attached hydrogen (secondary N) is 1. The van der Waals surface area contributed by atoms with Crippen LogP contribution in [0.1, 0.15) is 38.7 Å². The zero-order chi connectivity index (χ0) is 14.1. The first-order valence-corrected chi connectivity index (χ1v) is 7.17. The van der Waals surface area contributed by atoms with Gasteiger partial charge in [-0.05, 0) is 37.4 Å². The van der Waals surface area contributed by atoms with Gasteiger partial charge in [0.15, 0.2) is 0 Å². The molecule has 0 aromatic carbocycles. The summed E-state index contributed by atoms with van der Waals surface area (Å²) in [4.78, 5) is 4.16. The van der Waals surface area contributed by atoms with Crippen molar-refractivity contribution in [3.8, 4) is 0 Å². The van der Waals surface area contributed by atoms with Gasteiger partial charge in [-0.3, -0.25) is 4.98 Å². The summed E-state index contributed by atoms with van der Waals surface area (Å²) in [5, 5.41) is 3.57. The normalized spacial score (nSPS) is 14.3. The van der Waals surface area contributed by atoms with E-state index in [4.69, 9.17) is 10.5 Å². The summed E-state index contributed by atoms with van der Waals surface area (Å²) in [6.45, 7) is 5.35. The molecule has 4 nitrogen and oxygen atoms in total. The third kappa shape index (κ3) is 5.17. The molecule has 0 amide bonds. The van der Waals surface area contributed by atoms with E-state index in [-0.39, 0.29) is 12.1 Å². The highest BCUT2D eigenvalue weighted by atomic mass is 16.5. The molecule has 108 valence electrons. The Balaban J connectivity index is 2.75. The fraction of sp³-hybridized carbons (Fsp3) is 0.667. The van der Waals surface area contributed by atoms with Gasteiger partial charge < -0.3 is 15.8 Å². The summed E-state index contributed by atoms with van der Waals surface area (Å²) < 4.78 is 5.64. The quantitative estimate of drug-likeness (QED) is 0.720. The molecule has 0 aliphatic heterocycles. The van der Waals surface area contributed by atoms with Crippen LogP contribution in [0.3, 0.4) is 0 Å². The minimum Gasteiger partial charge on any atom is -0.398 e. The number of nitrogens with zero attached hydrogens (tertiary/aromatic N) is 1. The van der Waals surface area contributed by atoms with Crippen molar-refractivity contribution in [3.05, 3.63) is 24.0 Å². The van der Waals surface area contributed by atoms with E-state index in [0.717, 1.165) is 43.5 Å². The molecule has 0 bridgehead atoms. The van der Waals surface area contributed by atoms with Crippen LogP contribution in [0.15, 0.2) is 18.5 Å². The second-order valence-corrected chi connectivity index (χ2v) is 4.90. The maximum atomic E-state index is 6.00. The summed E-state index contributed by atoms with van der Waals surface area (Å²) in [6, 6.07) is 2.14. The number of aromatic nitrogens is 1. The Morgan fingerprint density at radius 2 is 2.16 bits per heavy atom. The van der Waals surface area contributed by atoms with E-state index in [1.807, 2.05) is 12.3 Å². The van der Waals surface area contributed by atoms with E-state index in [1.54, 1.807) is 13.3 Å². The molecular formula is C15H27N3O. The molecule has 0 saturated heterocycles. The zero-order valence-corrected chi connectivity index (χ0v) is 12.4. The fourth-order valence-electron chi connectivity index (χ4n) is 2.28. The average molecular weight is 265 g/mol. The van der Waals surface area contributed by atoms with Crippen molar-refractivity contribution >= 4 is 5.69 Å². The predicted molar refractivity (Wildman–Crippen MR) is 80.1 cm³/mol. The zero-order valence-electron chi connectivity index (χ0n) is 12.4. The largest absolute Gasteiger partial charge is 0.398 e. The number of ether oxygens (including phenoxy) is 1. The van der Waals surface area contributed by atoms with E-state index in [0.29, 0.717) is 0 Å². The van der Waals surface area contributed by atoms with Gasteiger partial charge in [0.25, 0.3) is 0 Å². The summed E-state index contributed by atoms with van der Waals surface area (Å²) in [7, 11) is 1.79. The number of nitrogen functional groups attached to an aromatic ring is 1. The molecule has 1 heterocycles. The molecule has 0 radical (unpaired) electrons. The molecule has 1 aromatic heterocycles. The topological polar surface area (TPSA) is 60.2 Å². The van der Waals surface area contributed by atoms with Crippen LogP contribution in [-0.4, -0.2) is 30.8 Å². The van der Waals surface area contributed by atoms with E-state index in [9.17, 15) is 0 Å². The van der Waals surface area contributed by atoms with Gasteiger partial charge >= 0.3 is 0 Å². The number of anilines is 1. The Bertz CT molecular complexity index is 357. The van der Waals surface area contributed by atoms with Gasteiger partial charge in [0.05, 0.1) is 6.10 Å². The molecule has 3 N–H and O–H groups in total. The molecule has 0 spiro atoms. The van der Waals surface area contributed by atoms with Crippen LogP contribution < -0.4 is 11.1 Å². The third-order valence-corrected chi connectivity index (χ3v) is 3.36. The van der Waals surface area contributed by atoms with E-state index < -0.39 is 0 Å². The Morgan fingerprint density at radius 3 is 2.74 bits per heavy atom. The summed E-state index contributed by atoms with van der Waals surface area (Å²) >= 11 is 0. The molecule has 0 aliphatic carbocycles. The van der Waals surface area contributed by atoms with Crippen LogP contribution in [-0.2, 0) is 11.2 Å². The van der Waals surface area contributed by atoms with Gasteiger partial charge in [-0.2, -0.15) is 0 Å². The molecule has 19 heavy (non-hydrogen) atoms. The van der Waals surface area contributed by atoms with Gasteiger partial charge in [0.1, 0.15) is 0 Å². The van der Waals surface area contributed by atoms with Gasteiger partial charge in [-0.1, -0.05) is 20.3 Å². The molecular weight excluding hydrogens is 238 g/mol. The van der Waals surface area contributed by atoms with Crippen LogP contribution in [0.4, 0.5) is 5.69 Å². The van der Waals surface area contributed by atoms with Crippen molar-refractivity contribution in [1.82, 2.24) is 10.3 Å². The summed E-state index contributed by atoms with van der Waals surface area (Å²) in [6.07, 6.45) is 7.95. The maximum Gasteiger partial charge on any atom is 0.0727 e. The lowest BCUT2D eigenvalue weighted by Gasteiger charge is -2.27. The molecule has 4 heteroatoms. The van der Waals surface area contributed by atoms with Crippen LogP contribution in [0.2, 0.25) is 0 Å². The smallest absolute Gasteiger partial charge is 0.0727 e. The van der Waals surface area contributed by atoms with E-state index in [1.165, 1.54) is 0 Å². The van der Waals surface area contributed by atoms with Gasteiger partial charge in [-0.15, -0.1) is 0 Å². The molecule has 2 atom stereocenters. The van der Waals surface area contributed by atoms with Gasteiger partial charge in [-0.25, -0.2) is 0 Å². The number of rotatable bonds is 9. The Kier molecular flexibility index (Phi) is 7.45. The highest BCUT2D eigenvalue weighted by Crippen LogP contribution is 2.16. The molecule has 1 aromatic rings. The minimum atomic E-state index is 0.219. The van der Waals surface area contributed by atoms with Crippen molar-refractivity contribution in [1.29, 1.82) is 0 Å². The van der Waals surface area contributed by atoms with E-state index in [2.05, 4.69) is 24.1 Å². The van der Waals surface area contributed by atoms with Crippen molar-refractivity contribution in [3.63, 3.8) is 0 Å². The van der Waals surface area contributed by atoms with Crippen molar-refractivity contribution < 1.29 is 4.74 Å². The number of nitrogens with two attached hydrogens (primary N) is 1. The molecule has 1 rings (SSSR count). The number of hydrogen-bond acceptors (Lipinski definition) is 4. The molecule has 0 saturated carbocycles. The number of hydrogen-bond donors (Lipinski definition) is 2. The second kappa shape index (κ2) is 8.88. The van der Waals surface area contributed by atoms with E-state index >= 15 is 0 Å². The standard InChI is InChI=1S/C15H27N3O/c1-4-6-15(19-3)14(18-8-5-2)10-12-11-17-9-7-13(12)16/h7,9,11,14-15,18H,4-6,8,10H2,1-3H3,(H2,16,17). The third-order valence-electron chi connectivity index (χ3n) is 3.36. The monoisotopic (exact) mass is 265 g/mol. The predicted octanol–water partition coefficient (Wildman–Crippen LogP) is 2.39. The Morgan fingerprint density at radius 1 is 1.37 bits per heavy atom. The molecule has 0 aliphatic rings. The lowest BCUT2D eigenvalue weighted by Crippen LogP contribution is -2.43. The Labute approximate surface area is 116 Å². The van der Waals surface area contributed by atoms with Crippen molar-refractivity contribution in [2.75, 3.05) is 19.4 Å². The van der Waals surface area contributed by atoms with Gasteiger partial charge in [0, 0.05) is 31.2 Å². The van der Waals surface area contributed by atoms with Crippen molar-refractivity contribution in [2.45, 2.75) is 51.7 Å². The first-order valence-electron chi connectivity index (χ1n) is 7.17. The molecule has 2 unspecified atom stereocenters. The van der Waals surface area contributed by atoms with Gasteiger partial charge in [0.2, 0.25) is 0 Å². The maximum absolute atomic E-state index is 6.00. The first kappa shape index (κ1) is 15.9.